The minimum Gasteiger partial charge on any atom is -0.316 e. The zero-order chi connectivity index (χ0) is 13.3. The highest BCUT2D eigenvalue weighted by atomic mass is 79.9. The minimum atomic E-state index is -0.631. The summed E-state index contributed by atoms with van der Waals surface area (Å²) < 4.78 is 0.936. The highest BCUT2D eigenvalue weighted by Gasteiger charge is 2.12. The van der Waals surface area contributed by atoms with E-state index in [2.05, 4.69) is 38.1 Å². The smallest absolute Gasteiger partial charge is 0.314 e. The van der Waals surface area contributed by atoms with Crippen molar-refractivity contribution in [2.45, 2.75) is 19.9 Å². The van der Waals surface area contributed by atoms with Crippen molar-refractivity contribution in [1.82, 2.24) is 15.3 Å². The lowest BCUT2D eigenvalue weighted by Gasteiger charge is -2.13. The normalized spacial score (nSPS) is 11.1. The molecule has 0 aliphatic rings. The van der Waals surface area contributed by atoms with Gasteiger partial charge in [-0.2, -0.15) is 0 Å². The largest absolute Gasteiger partial charge is 0.316 e. The van der Waals surface area contributed by atoms with E-state index >= 15 is 0 Å². The maximum absolute atomic E-state index is 11.4. The summed E-state index contributed by atoms with van der Waals surface area (Å²) in [5.74, 6) is 0. The van der Waals surface area contributed by atoms with Gasteiger partial charge in [-0.3, -0.25) is 9.59 Å². The van der Waals surface area contributed by atoms with Crippen LogP contribution in [0.5, 0.6) is 0 Å². The van der Waals surface area contributed by atoms with Crippen molar-refractivity contribution in [2.75, 3.05) is 7.05 Å². The zero-order valence-electron chi connectivity index (χ0n) is 10.2. The van der Waals surface area contributed by atoms with Crippen molar-refractivity contribution in [3.63, 3.8) is 0 Å². The predicted molar refractivity (Wildman–Crippen MR) is 75.0 cm³/mol. The summed E-state index contributed by atoms with van der Waals surface area (Å²) in [6, 6.07) is 1.82. The Labute approximate surface area is 112 Å². The van der Waals surface area contributed by atoms with Gasteiger partial charge in [0.05, 0.1) is 11.0 Å². The van der Waals surface area contributed by atoms with Crippen LogP contribution in [0.2, 0.25) is 0 Å². The van der Waals surface area contributed by atoms with Crippen LogP contribution in [-0.4, -0.2) is 17.0 Å². The Bertz CT molecular complexity index is 703. The molecule has 18 heavy (non-hydrogen) atoms. The number of aromatic nitrogens is 2. The molecule has 0 radical (unpaired) electrons. The number of benzene rings is 1. The standard InChI is InChI=1S/C12H14BrN3O2/c1-3-6-7(5-14-2)10-9(4-8(6)13)15-11(17)12(18)16-10/h4,14H,3,5H2,1-2H3,(H,15,17)(H,16,18). The first kappa shape index (κ1) is 13.0. The molecule has 5 nitrogen and oxygen atoms in total. The molecular weight excluding hydrogens is 298 g/mol. The van der Waals surface area contributed by atoms with E-state index in [1.165, 1.54) is 0 Å². The third kappa shape index (κ3) is 2.13. The summed E-state index contributed by atoms with van der Waals surface area (Å²) in [6.07, 6.45) is 0.842. The molecule has 96 valence electrons. The van der Waals surface area contributed by atoms with Gasteiger partial charge in [-0.05, 0) is 30.7 Å². The maximum atomic E-state index is 11.4. The van der Waals surface area contributed by atoms with E-state index in [0.717, 1.165) is 22.0 Å². The Kier molecular flexibility index (Phi) is 3.68. The fourth-order valence-electron chi connectivity index (χ4n) is 2.09. The van der Waals surface area contributed by atoms with Crippen molar-refractivity contribution in [1.29, 1.82) is 0 Å². The average Bonchev–Trinajstić information content (AvgIpc) is 2.32. The number of halogens is 1. The first-order valence-corrected chi connectivity index (χ1v) is 6.49. The second-order valence-electron chi connectivity index (χ2n) is 4.03. The highest BCUT2D eigenvalue weighted by Crippen LogP contribution is 2.27. The van der Waals surface area contributed by atoms with Crippen LogP contribution in [0.1, 0.15) is 18.1 Å². The number of fused-ring (bicyclic) bond motifs is 1. The summed E-state index contributed by atoms with van der Waals surface area (Å²) in [6.45, 7) is 2.68. The molecule has 0 saturated carbocycles. The first-order chi connectivity index (χ1) is 8.58. The second-order valence-corrected chi connectivity index (χ2v) is 4.88. The van der Waals surface area contributed by atoms with Crippen LogP contribution in [0.3, 0.4) is 0 Å². The number of rotatable bonds is 3. The lowest BCUT2D eigenvalue weighted by atomic mass is 10.0. The number of H-pyrrole nitrogens is 2. The molecule has 0 saturated heterocycles. The van der Waals surface area contributed by atoms with Crippen LogP contribution in [0.4, 0.5) is 0 Å². The van der Waals surface area contributed by atoms with E-state index in [1.807, 2.05) is 13.1 Å². The van der Waals surface area contributed by atoms with Crippen molar-refractivity contribution < 1.29 is 0 Å². The summed E-state index contributed by atoms with van der Waals surface area (Å²) in [7, 11) is 1.84. The zero-order valence-corrected chi connectivity index (χ0v) is 11.8. The Morgan fingerprint density at radius 2 is 1.89 bits per heavy atom. The van der Waals surface area contributed by atoms with Crippen LogP contribution >= 0.6 is 15.9 Å². The van der Waals surface area contributed by atoms with Crippen molar-refractivity contribution in [2.24, 2.45) is 0 Å². The number of aromatic amines is 2. The van der Waals surface area contributed by atoms with Gasteiger partial charge in [-0.25, -0.2) is 0 Å². The van der Waals surface area contributed by atoms with E-state index in [1.54, 1.807) is 0 Å². The monoisotopic (exact) mass is 311 g/mol. The SMILES string of the molecule is CCc1c(Br)cc2[nH]c(=O)c(=O)[nH]c2c1CNC. The minimum absolute atomic E-state index is 0.621. The molecule has 0 fully saturated rings. The van der Waals surface area contributed by atoms with Gasteiger partial charge >= 0.3 is 11.1 Å². The molecule has 0 atom stereocenters. The average molecular weight is 312 g/mol. The van der Waals surface area contributed by atoms with Crippen molar-refractivity contribution in [3.05, 3.63) is 42.4 Å². The van der Waals surface area contributed by atoms with E-state index in [9.17, 15) is 9.59 Å². The highest BCUT2D eigenvalue weighted by molar-refractivity contribution is 9.10. The summed E-state index contributed by atoms with van der Waals surface area (Å²) in [5, 5.41) is 3.08. The third-order valence-corrected chi connectivity index (χ3v) is 3.60. The lowest BCUT2D eigenvalue weighted by molar-refractivity contribution is 0.807. The van der Waals surface area contributed by atoms with Crippen LogP contribution in [-0.2, 0) is 13.0 Å². The van der Waals surface area contributed by atoms with Gasteiger partial charge in [0.15, 0.2) is 0 Å². The molecule has 1 heterocycles. The van der Waals surface area contributed by atoms with Gasteiger partial charge in [-0.1, -0.05) is 22.9 Å². The van der Waals surface area contributed by atoms with Gasteiger partial charge in [0.1, 0.15) is 0 Å². The third-order valence-electron chi connectivity index (χ3n) is 2.89. The van der Waals surface area contributed by atoms with Gasteiger partial charge < -0.3 is 15.3 Å². The predicted octanol–water partition coefficient (Wildman–Crippen LogP) is 1.26. The Hall–Kier alpha value is -1.40. The molecular formula is C12H14BrN3O2. The maximum Gasteiger partial charge on any atom is 0.314 e. The number of nitrogens with one attached hydrogen (secondary N) is 3. The molecule has 6 heteroatoms. The molecule has 0 spiro atoms. The van der Waals surface area contributed by atoms with Gasteiger partial charge in [0.2, 0.25) is 0 Å². The van der Waals surface area contributed by atoms with Crippen LogP contribution < -0.4 is 16.4 Å². The molecule has 2 aromatic rings. The molecule has 0 amide bonds. The van der Waals surface area contributed by atoms with Gasteiger partial charge in [0, 0.05) is 11.0 Å². The Morgan fingerprint density at radius 3 is 2.50 bits per heavy atom. The van der Waals surface area contributed by atoms with E-state index in [0.29, 0.717) is 17.6 Å². The van der Waals surface area contributed by atoms with E-state index in [-0.39, 0.29) is 0 Å². The second kappa shape index (κ2) is 5.07. The first-order valence-electron chi connectivity index (χ1n) is 5.69. The topological polar surface area (TPSA) is 77.8 Å². The molecule has 2 rings (SSSR count). The molecule has 1 aromatic heterocycles. The fraction of sp³-hybridized carbons (Fsp3) is 0.333. The van der Waals surface area contributed by atoms with Gasteiger partial charge in [0.25, 0.3) is 0 Å². The molecule has 0 unspecified atom stereocenters. The fourth-order valence-corrected chi connectivity index (χ4v) is 2.84. The number of hydrogen-bond acceptors (Lipinski definition) is 3. The molecule has 0 aliphatic heterocycles. The molecule has 0 aliphatic carbocycles. The summed E-state index contributed by atoms with van der Waals surface area (Å²) in [5.41, 5.74) is 2.19. The Balaban J connectivity index is 2.91. The summed E-state index contributed by atoms with van der Waals surface area (Å²) >= 11 is 3.50. The van der Waals surface area contributed by atoms with Gasteiger partial charge in [-0.15, -0.1) is 0 Å². The molecule has 3 N–H and O–H groups in total. The van der Waals surface area contributed by atoms with Crippen LogP contribution in [0.15, 0.2) is 20.1 Å². The van der Waals surface area contributed by atoms with Crippen LogP contribution in [0, 0.1) is 0 Å². The quantitative estimate of drug-likeness (QED) is 0.747. The van der Waals surface area contributed by atoms with E-state index in [4.69, 9.17) is 0 Å². The van der Waals surface area contributed by atoms with Crippen molar-refractivity contribution >= 4 is 27.0 Å². The van der Waals surface area contributed by atoms with Crippen LogP contribution in [0.25, 0.3) is 11.0 Å². The van der Waals surface area contributed by atoms with Crippen molar-refractivity contribution in [3.8, 4) is 0 Å². The lowest BCUT2D eigenvalue weighted by Crippen LogP contribution is -2.29. The number of hydrogen-bond donors (Lipinski definition) is 3. The Morgan fingerprint density at radius 1 is 1.22 bits per heavy atom. The molecule has 1 aromatic carbocycles. The van der Waals surface area contributed by atoms with E-state index < -0.39 is 11.1 Å². The molecule has 0 bridgehead atoms. The summed E-state index contributed by atoms with van der Waals surface area (Å²) in [4.78, 5) is 28.0.